The largest absolute Gasteiger partial charge is 0.496 e. The van der Waals surface area contributed by atoms with Gasteiger partial charge in [-0.15, -0.1) is 0 Å². The van der Waals surface area contributed by atoms with E-state index in [1.54, 1.807) is 42.5 Å². The van der Waals surface area contributed by atoms with Crippen LogP contribution in [0.4, 0.5) is 0 Å². The second-order valence-corrected chi connectivity index (χ2v) is 5.23. The summed E-state index contributed by atoms with van der Waals surface area (Å²) < 4.78 is 5.98. The summed E-state index contributed by atoms with van der Waals surface area (Å²) in [4.78, 5) is 24.0. The summed E-state index contributed by atoms with van der Waals surface area (Å²) in [5, 5.41) is 2.61. The molecule has 0 aromatic heterocycles. The number of hydrogen-bond donors (Lipinski definition) is 1. The first-order valence-electron chi connectivity index (χ1n) is 6.32. The Morgan fingerprint density at radius 2 is 1.86 bits per heavy atom. The van der Waals surface area contributed by atoms with Gasteiger partial charge in [-0.3, -0.25) is 9.59 Å². The lowest BCUT2D eigenvalue weighted by molar-refractivity contribution is 0.0902. The van der Waals surface area contributed by atoms with Gasteiger partial charge in [0.15, 0.2) is 5.78 Å². The highest BCUT2D eigenvalue weighted by atomic mass is 79.9. The zero-order valence-electron chi connectivity index (χ0n) is 11.4. The van der Waals surface area contributed by atoms with Crippen molar-refractivity contribution in [3.8, 4) is 5.75 Å². The molecule has 0 aliphatic carbocycles. The third kappa shape index (κ3) is 3.92. The van der Waals surface area contributed by atoms with Crippen LogP contribution in [-0.4, -0.2) is 25.3 Å². The molecule has 0 radical (unpaired) electrons. The zero-order chi connectivity index (χ0) is 15.2. The molecule has 2 rings (SSSR count). The number of amides is 1. The molecule has 0 aliphatic rings. The van der Waals surface area contributed by atoms with Crippen LogP contribution < -0.4 is 10.1 Å². The molecule has 0 saturated carbocycles. The van der Waals surface area contributed by atoms with Gasteiger partial charge in [0, 0.05) is 10.0 Å². The van der Waals surface area contributed by atoms with Gasteiger partial charge in [0.05, 0.1) is 19.2 Å². The fourth-order valence-electron chi connectivity index (χ4n) is 1.83. The van der Waals surface area contributed by atoms with Gasteiger partial charge in [-0.05, 0) is 18.2 Å². The molecule has 2 aromatic carbocycles. The predicted octanol–water partition coefficient (Wildman–Crippen LogP) is 3.07. The normalized spacial score (nSPS) is 10.0. The molecular formula is C16H14BrNO3. The van der Waals surface area contributed by atoms with Crippen molar-refractivity contribution in [2.45, 2.75) is 0 Å². The van der Waals surface area contributed by atoms with Crippen molar-refractivity contribution in [3.63, 3.8) is 0 Å². The average molecular weight is 348 g/mol. The minimum Gasteiger partial charge on any atom is -0.496 e. The second-order valence-electron chi connectivity index (χ2n) is 4.32. The highest BCUT2D eigenvalue weighted by molar-refractivity contribution is 9.10. The number of carbonyl (C=O) groups excluding carboxylic acids is 2. The van der Waals surface area contributed by atoms with E-state index in [1.807, 2.05) is 6.07 Å². The molecule has 5 heteroatoms. The van der Waals surface area contributed by atoms with Crippen LogP contribution in [0, 0.1) is 0 Å². The van der Waals surface area contributed by atoms with Crippen LogP contribution in [0.3, 0.4) is 0 Å². The number of rotatable bonds is 5. The van der Waals surface area contributed by atoms with E-state index in [0.29, 0.717) is 16.9 Å². The first-order chi connectivity index (χ1) is 10.1. The molecule has 0 heterocycles. The van der Waals surface area contributed by atoms with Crippen LogP contribution >= 0.6 is 15.9 Å². The Labute approximate surface area is 131 Å². The Hall–Kier alpha value is -2.14. The zero-order valence-corrected chi connectivity index (χ0v) is 13.0. The van der Waals surface area contributed by atoms with E-state index >= 15 is 0 Å². The molecule has 2 aromatic rings. The Morgan fingerprint density at radius 1 is 1.14 bits per heavy atom. The van der Waals surface area contributed by atoms with Gasteiger partial charge in [-0.1, -0.05) is 46.3 Å². The van der Waals surface area contributed by atoms with E-state index in [1.165, 1.54) is 7.11 Å². The summed E-state index contributed by atoms with van der Waals surface area (Å²) >= 11 is 3.31. The molecular weight excluding hydrogens is 334 g/mol. The number of carbonyl (C=O) groups is 2. The molecule has 1 amide bonds. The Balaban J connectivity index is 2.04. The molecule has 0 aliphatic heterocycles. The molecule has 0 bridgehead atoms. The number of ketones is 1. The van der Waals surface area contributed by atoms with Crippen molar-refractivity contribution in [1.82, 2.24) is 5.32 Å². The summed E-state index contributed by atoms with van der Waals surface area (Å²) in [7, 11) is 1.49. The maximum Gasteiger partial charge on any atom is 0.255 e. The van der Waals surface area contributed by atoms with Gasteiger partial charge in [0.1, 0.15) is 5.75 Å². The molecule has 4 nitrogen and oxygen atoms in total. The molecule has 0 spiro atoms. The van der Waals surface area contributed by atoms with Crippen molar-refractivity contribution in [2.75, 3.05) is 13.7 Å². The Morgan fingerprint density at radius 3 is 2.52 bits per heavy atom. The van der Waals surface area contributed by atoms with Gasteiger partial charge < -0.3 is 10.1 Å². The number of ether oxygens (including phenoxy) is 1. The van der Waals surface area contributed by atoms with Gasteiger partial charge in [-0.25, -0.2) is 0 Å². The standard InChI is InChI=1S/C16H14BrNO3/c1-21-15-9-12(17)7-8-13(15)16(20)18-10-14(19)11-5-3-2-4-6-11/h2-9H,10H2,1H3,(H,18,20). The summed E-state index contributed by atoms with van der Waals surface area (Å²) in [6.45, 7) is -0.0535. The highest BCUT2D eigenvalue weighted by Crippen LogP contribution is 2.23. The van der Waals surface area contributed by atoms with Gasteiger partial charge in [0.2, 0.25) is 0 Å². The van der Waals surface area contributed by atoms with Crippen LogP contribution in [0.15, 0.2) is 53.0 Å². The van der Waals surface area contributed by atoms with Crippen molar-refractivity contribution >= 4 is 27.6 Å². The molecule has 0 saturated heterocycles. The number of hydrogen-bond acceptors (Lipinski definition) is 3. The highest BCUT2D eigenvalue weighted by Gasteiger charge is 2.14. The molecule has 108 valence electrons. The summed E-state index contributed by atoms with van der Waals surface area (Å²) in [6, 6.07) is 13.9. The third-order valence-electron chi connectivity index (χ3n) is 2.91. The maximum atomic E-state index is 12.1. The topological polar surface area (TPSA) is 55.4 Å². The number of halogens is 1. The molecule has 1 N–H and O–H groups in total. The third-order valence-corrected chi connectivity index (χ3v) is 3.41. The SMILES string of the molecule is COc1cc(Br)ccc1C(=O)NCC(=O)c1ccccc1. The average Bonchev–Trinajstić information content (AvgIpc) is 2.52. The van der Waals surface area contributed by atoms with Crippen LogP contribution in [0.25, 0.3) is 0 Å². The van der Waals surface area contributed by atoms with Gasteiger partial charge in [-0.2, -0.15) is 0 Å². The molecule has 0 unspecified atom stereocenters. The van der Waals surface area contributed by atoms with E-state index in [4.69, 9.17) is 4.74 Å². The van der Waals surface area contributed by atoms with E-state index in [0.717, 1.165) is 4.47 Å². The quantitative estimate of drug-likeness (QED) is 0.845. The predicted molar refractivity (Wildman–Crippen MR) is 83.8 cm³/mol. The first kappa shape index (κ1) is 15.3. The summed E-state index contributed by atoms with van der Waals surface area (Å²) in [6.07, 6.45) is 0. The van der Waals surface area contributed by atoms with Crippen LogP contribution in [0.1, 0.15) is 20.7 Å². The number of methoxy groups -OCH3 is 1. The Kier molecular flexibility index (Phi) is 5.11. The molecule has 0 fully saturated rings. The smallest absolute Gasteiger partial charge is 0.255 e. The lowest BCUT2D eigenvalue weighted by atomic mass is 10.1. The van der Waals surface area contributed by atoms with Crippen molar-refractivity contribution < 1.29 is 14.3 Å². The van der Waals surface area contributed by atoms with Gasteiger partial charge in [0.25, 0.3) is 5.91 Å². The van der Waals surface area contributed by atoms with Crippen LogP contribution in [0.5, 0.6) is 5.75 Å². The Bertz CT molecular complexity index is 656. The molecule has 21 heavy (non-hydrogen) atoms. The lowest BCUT2D eigenvalue weighted by Gasteiger charge is -2.09. The van der Waals surface area contributed by atoms with E-state index < -0.39 is 0 Å². The van der Waals surface area contributed by atoms with Gasteiger partial charge >= 0.3 is 0 Å². The second kappa shape index (κ2) is 7.04. The van der Waals surface area contributed by atoms with Crippen molar-refractivity contribution in [1.29, 1.82) is 0 Å². The first-order valence-corrected chi connectivity index (χ1v) is 7.11. The number of benzene rings is 2. The minimum absolute atomic E-state index is 0.0535. The molecule has 0 atom stereocenters. The van der Waals surface area contributed by atoms with Crippen LogP contribution in [0.2, 0.25) is 0 Å². The van der Waals surface area contributed by atoms with E-state index in [-0.39, 0.29) is 18.2 Å². The number of Topliss-reactive ketones (excluding diaryl/α,β-unsaturated/α-hetero) is 1. The summed E-state index contributed by atoms with van der Waals surface area (Å²) in [5.41, 5.74) is 0.960. The van der Waals surface area contributed by atoms with E-state index in [2.05, 4.69) is 21.2 Å². The van der Waals surface area contributed by atoms with Crippen molar-refractivity contribution in [2.24, 2.45) is 0 Å². The van der Waals surface area contributed by atoms with Crippen molar-refractivity contribution in [3.05, 3.63) is 64.1 Å². The lowest BCUT2D eigenvalue weighted by Crippen LogP contribution is -2.29. The summed E-state index contributed by atoms with van der Waals surface area (Å²) in [5.74, 6) is -0.0299. The maximum absolute atomic E-state index is 12.1. The van der Waals surface area contributed by atoms with E-state index in [9.17, 15) is 9.59 Å². The fraction of sp³-hybridized carbons (Fsp3) is 0.125. The monoisotopic (exact) mass is 347 g/mol. The number of nitrogens with one attached hydrogen (secondary N) is 1. The fourth-order valence-corrected chi connectivity index (χ4v) is 2.17. The minimum atomic E-state index is -0.344. The van der Waals surface area contributed by atoms with Crippen LogP contribution in [-0.2, 0) is 0 Å².